The molecule has 0 atom stereocenters. The lowest BCUT2D eigenvalue weighted by molar-refractivity contribution is 0.500. The standard InChI is InChI=1S/C9H13N2/c1-9(2,3)8-4-5-10-6-7-11-8/h4-7H,1-3H3/q+1. The summed E-state index contributed by atoms with van der Waals surface area (Å²) < 4.78 is 3.96. The first-order valence-corrected chi connectivity index (χ1v) is 3.70. The van der Waals surface area contributed by atoms with E-state index in [1.54, 1.807) is 18.6 Å². The average Bonchev–Trinajstić information content (AvgIpc) is 2.10. The van der Waals surface area contributed by atoms with Crippen LogP contribution in [0, 0.1) is 5.41 Å². The van der Waals surface area contributed by atoms with Gasteiger partial charge in [-0.15, -0.1) is 0 Å². The zero-order chi connectivity index (χ0) is 8.32. The van der Waals surface area contributed by atoms with E-state index in [0.717, 1.165) is 5.70 Å². The van der Waals surface area contributed by atoms with Gasteiger partial charge in [-0.2, -0.15) is 0 Å². The average molecular weight is 149 g/mol. The number of aliphatic imine (C=N–C) groups is 1. The van der Waals surface area contributed by atoms with Crippen LogP contribution in [0.4, 0.5) is 0 Å². The lowest BCUT2D eigenvalue weighted by atomic mass is 9.92. The molecule has 0 fully saturated rings. The Labute approximate surface area is 67.1 Å². The minimum atomic E-state index is 0.112. The summed E-state index contributed by atoms with van der Waals surface area (Å²) in [5.41, 5.74) is 1.18. The molecule has 58 valence electrons. The van der Waals surface area contributed by atoms with Crippen LogP contribution in [0.1, 0.15) is 20.8 Å². The fourth-order valence-corrected chi connectivity index (χ4v) is 0.802. The second-order valence-corrected chi connectivity index (χ2v) is 3.53. The quantitative estimate of drug-likeness (QED) is 0.463. The molecule has 11 heavy (non-hydrogen) atoms. The van der Waals surface area contributed by atoms with E-state index in [1.165, 1.54) is 0 Å². The molecule has 2 nitrogen and oxygen atoms in total. The van der Waals surface area contributed by atoms with Gasteiger partial charge in [0, 0.05) is 11.5 Å². The van der Waals surface area contributed by atoms with E-state index in [4.69, 9.17) is 0 Å². The maximum Gasteiger partial charge on any atom is 0.310 e. The first kappa shape index (κ1) is 7.96. The van der Waals surface area contributed by atoms with E-state index in [-0.39, 0.29) is 5.41 Å². The highest BCUT2D eigenvalue weighted by Gasteiger charge is 2.16. The molecule has 1 aliphatic heterocycles. The fourth-order valence-electron chi connectivity index (χ4n) is 0.802. The van der Waals surface area contributed by atoms with Crippen molar-refractivity contribution >= 4 is 18.6 Å². The van der Waals surface area contributed by atoms with E-state index >= 15 is 0 Å². The van der Waals surface area contributed by atoms with Crippen LogP contribution in [0.3, 0.4) is 0 Å². The molecule has 0 aliphatic carbocycles. The van der Waals surface area contributed by atoms with Gasteiger partial charge in [-0.1, -0.05) is 25.4 Å². The molecule has 0 N–H and O–H groups in total. The highest BCUT2D eigenvalue weighted by Crippen LogP contribution is 2.25. The molecular weight excluding hydrogens is 136 g/mol. The number of allylic oxidation sites excluding steroid dienone is 2. The van der Waals surface area contributed by atoms with Gasteiger partial charge in [0.2, 0.25) is 0 Å². The van der Waals surface area contributed by atoms with Crippen molar-refractivity contribution in [2.24, 2.45) is 10.4 Å². The Morgan fingerprint density at radius 3 is 2.64 bits per heavy atom. The van der Waals surface area contributed by atoms with Crippen LogP contribution in [0.2, 0.25) is 0 Å². The molecule has 1 heterocycles. The van der Waals surface area contributed by atoms with Crippen LogP contribution in [0.15, 0.2) is 16.8 Å². The van der Waals surface area contributed by atoms with Crippen molar-refractivity contribution in [3.63, 3.8) is 0 Å². The minimum absolute atomic E-state index is 0.112. The van der Waals surface area contributed by atoms with Crippen molar-refractivity contribution < 1.29 is 0 Å². The van der Waals surface area contributed by atoms with Crippen LogP contribution in [-0.2, 0) is 0 Å². The van der Waals surface area contributed by atoms with Crippen molar-refractivity contribution in [3.8, 4) is 0 Å². The van der Waals surface area contributed by atoms with Gasteiger partial charge in [-0.05, 0) is 0 Å². The molecule has 0 radical (unpaired) electrons. The van der Waals surface area contributed by atoms with Gasteiger partial charge < -0.3 is 0 Å². The Balaban J connectivity index is 2.93. The van der Waals surface area contributed by atoms with Gasteiger partial charge in [-0.25, -0.2) is 0 Å². The van der Waals surface area contributed by atoms with Crippen molar-refractivity contribution in [2.45, 2.75) is 20.8 Å². The minimum Gasteiger partial charge on any atom is -0.253 e. The highest BCUT2D eigenvalue weighted by atomic mass is 14.8. The second kappa shape index (κ2) is 2.85. The molecule has 1 aliphatic rings. The number of hydrogen-bond acceptors (Lipinski definition) is 1. The van der Waals surface area contributed by atoms with E-state index in [0.29, 0.717) is 0 Å². The summed E-state index contributed by atoms with van der Waals surface area (Å²) in [5.74, 6) is 0. The predicted molar refractivity (Wildman–Crippen MR) is 50.3 cm³/mol. The Morgan fingerprint density at radius 1 is 1.27 bits per heavy atom. The summed E-state index contributed by atoms with van der Waals surface area (Å²) in [6, 6.07) is 0. The summed E-state index contributed by atoms with van der Waals surface area (Å²) in [5, 5.41) is 0. The molecule has 0 aromatic carbocycles. The third-order valence-corrected chi connectivity index (χ3v) is 1.45. The van der Waals surface area contributed by atoms with Crippen LogP contribution >= 0.6 is 0 Å². The normalized spacial score (nSPS) is 16.5. The van der Waals surface area contributed by atoms with E-state index in [1.807, 2.05) is 6.08 Å². The van der Waals surface area contributed by atoms with Crippen molar-refractivity contribution in [1.82, 2.24) is 4.67 Å². The highest BCUT2D eigenvalue weighted by molar-refractivity contribution is 6.17. The molecule has 0 saturated carbocycles. The van der Waals surface area contributed by atoms with Crippen molar-refractivity contribution in [1.29, 1.82) is 0 Å². The van der Waals surface area contributed by atoms with E-state index < -0.39 is 0 Å². The lowest BCUT2D eigenvalue weighted by Crippen LogP contribution is -2.07. The van der Waals surface area contributed by atoms with Gasteiger partial charge in [0.1, 0.15) is 6.21 Å². The largest absolute Gasteiger partial charge is 0.310 e. The molecule has 2 heteroatoms. The van der Waals surface area contributed by atoms with Crippen LogP contribution < -0.4 is 4.67 Å². The Bertz CT molecular complexity index is 258. The third kappa shape index (κ3) is 2.17. The fraction of sp³-hybridized carbons (Fsp3) is 0.444. The molecule has 0 aromatic rings. The van der Waals surface area contributed by atoms with Gasteiger partial charge in [-0.3, -0.25) is 4.99 Å². The summed E-state index contributed by atoms with van der Waals surface area (Å²) in [6.07, 6.45) is 7.13. The van der Waals surface area contributed by atoms with E-state index in [2.05, 4.69) is 30.4 Å². The summed E-state index contributed by atoms with van der Waals surface area (Å²) in [6.45, 7) is 6.40. The van der Waals surface area contributed by atoms with Crippen LogP contribution in [-0.4, -0.2) is 18.6 Å². The van der Waals surface area contributed by atoms with Gasteiger partial charge in [0.05, 0.1) is 5.70 Å². The maximum absolute atomic E-state index is 4.25. The smallest absolute Gasteiger partial charge is 0.253 e. The number of hydrogen-bond donors (Lipinski definition) is 0. The molecule has 0 amide bonds. The molecule has 0 bridgehead atoms. The molecule has 1 rings (SSSR count). The summed E-state index contributed by atoms with van der Waals surface area (Å²) in [4.78, 5) is 4.25. The number of nitrogens with zero attached hydrogens (tertiary/aromatic N) is 2. The third-order valence-electron chi connectivity index (χ3n) is 1.45. The van der Waals surface area contributed by atoms with Crippen molar-refractivity contribution in [3.05, 3.63) is 11.8 Å². The SMILES string of the molecule is CC(C)(C)C1=CC=[N+]=CC=N1. The molecular formula is C9H13N2+. The Kier molecular flexibility index (Phi) is 2.06. The van der Waals surface area contributed by atoms with Crippen LogP contribution in [0.25, 0.3) is 0 Å². The maximum atomic E-state index is 4.25. The Hall–Kier alpha value is -1.14. The van der Waals surface area contributed by atoms with Gasteiger partial charge in [0.25, 0.3) is 6.21 Å². The molecule has 0 spiro atoms. The van der Waals surface area contributed by atoms with E-state index in [9.17, 15) is 0 Å². The van der Waals surface area contributed by atoms with Gasteiger partial charge >= 0.3 is 6.21 Å². The zero-order valence-electron chi connectivity index (χ0n) is 7.20. The summed E-state index contributed by atoms with van der Waals surface area (Å²) in [7, 11) is 0. The van der Waals surface area contributed by atoms with Gasteiger partial charge in [0.15, 0.2) is 0 Å². The molecule has 0 unspecified atom stereocenters. The Morgan fingerprint density at radius 2 is 2.00 bits per heavy atom. The summed E-state index contributed by atoms with van der Waals surface area (Å²) >= 11 is 0. The zero-order valence-corrected chi connectivity index (χ0v) is 7.20. The lowest BCUT2D eigenvalue weighted by Gasteiger charge is -2.16. The number of rotatable bonds is 0. The topological polar surface area (TPSA) is 26.5 Å². The first-order valence-electron chi connectivity index (χ1n) is 3.70. The monoisotopic (exact) mass is 149 g/mol. The van der Waals surface area contributed by atoms with Crippen LogP contribution in [0.5, 0.6) is 0 Å². The second-order valence-electron chi connectivity index (χ2n) is 3.53. The van der Waals surface area contributed by atoms with Crippen molar-refractivity contribution in [2.75, 3.05) is 0 Å². The first-order chi connectivity index (χ1) is 5.11. The molecule has 0 aromatic heterocycles. The molecule has 0 saturated heterocycles. The predicted octanol–water partition coefficient (Wildman–Crippen LogP) is 1.21.